The SMILES string of the molecule is C=c1ccc(OC)c(OCCCCCCCl)/c1=C/[N+]1=Cc2cc3c(cc2CC1)OCO3. The zero-order chi connectivity index (χ0) is 21.6. The Morgan fingerprint density at radius 2 is 1.94 bits per heavy atom. The van der Waals surface area contributed by atoms with Gasteiger partial charge < -0.3 is 18.9 Å². The van der Waals surface area contributed by atoms with Gasteiger partial charge in [0.1, 0.15) is 0 Å². The molecule has 2 aliphatic heterocycles. The summed E-state index contributed by atoms with van der Waals surface area (Å²) in [4.78, 5) is 0. The third kappa shape index (κ3) is 4.99. The molecule has 31 heavy (non-hydrogen) atoms. The number of benzene rings is 2. The lowest BCUT2D eigenvalue weighted by molar-refractivity contribution is -0.416. The minimum Gasteiger partial charge on any atom is -0.493 e. The summed E-state index contributed by atoms with van der Waals surface area (Å²) < 4.78 is 25.0. The molecule has 2 aliphatic rings. The number of fused-ring (bicyclic) bond motifs is 2. The van der Waals surface area contributed by atoms with Crippen LogP contribution in [0.4, 0.5) is 0 Å². The van der Waals surface area contributed by atoms with Crippen molar-refractivity contribution in [2.75, 3.05) is 32.9 Å². The maximum atomic E-state index is 6.19. The highest BCUT2D eigenvalue weighted by atomic mass is 35.5. The first-order valence-electron chi connectivity index (χ1n) is 10.8. The summed E-state index contributed by atoms with van der Waals surface area (Å²) in [5.74, 6) is 3.82. The molecule has 0 aromatic heterocycles. The van der Waals surface area contributed by atoms with Gasteiger partial charge in [-0.25, -0.2) is 4.58 Å². The predicted octanol–water partition coefficient (Wildman–Crippen LogP) is 3.44. The lowest BCUT2D eigenvalue weighted by atomic mass is 10.0. The van der Waals surface area contributed by atoms with Gasteiger partial charge in [-0.1, -0.05) is 25.5 Å². The molecule has 2 aromatic carbocycles. The normalized spacial score (nSPS) is 14.9. The van der Waals surface area contributed by atoms with E-state index < -0.39 is 0 Å². The summed E-state index contributed by atoms with van der Waals surface area (Å²) in [7, 11) is 1.67. The Morgan fingerprint density at radius 3 is 2.74 bits per heavy atom. The van der Waals surface area contributed by atoms with Gasteiger partial charge in [-0.2, -0.15) is 0 Å². The highest BCUT2D eigenvalue weighted by molar-refractivity contribution is 6.17. The molecule has 0 bridgehead atoms. The fraction of sp³-hybridized carbons (Fsp3) is 0.400. The molecule has 6 heteroatoms. The summed E-state index contributed by atoms with van der Waals surface area (Å²) in [6.45, 7) is 6.01. The van der Waals surface area contributed by atoms with Crippen molar-refractivity contribution in [3.05, 3.63) is 45.8 Å². The van der Waals surface area contributed by atoms with Crippen LogP contribution in [0.2, 0.25) is 0 Å². The van der Waals surface area contributed by atoms with Gasteiger partial charge in [0.2, 0.25) is 6.79 Å². The summed E-state index contributed by atoms with van der Waals surface area (Å²) in [6, 6.07) is 8.02. The summed E-state index contributed by atoms with van der Waals surface area (Å²) in [6.07, 6.45) is 9.41. The van der Waals surface area contributed by atoms with Gasteiger partial charge >= 0.3 is 0 Å². The zero-order valence-corrected chi connectivity index (χ0v) is 18.7. The second-order valence-electron chi connectivity index (χ2n) is 7.77. The molecule has 0 N–H and O–H groups in total. The number of halogens is 1. The maximum Gasteiger partial charge on any atom is 0.231 e. The molecular formula is C25H29ClNO4+. The first kappa shape index (κ1) is 21.6. The number of ether oxygens (including phenoxy) is 4. The van der Waals surface area contributed by atoms with Gasteiger partial charge in [0.15, 0.2) is 42.0 Å². The van der Waals surface area contributed by atoms with Crippen molar-refractivity contribution >= 4 is 30.6 Å². The van der Waals surface area contributed by atoms with Gasteiger partial charge in [0.05, 0.1) is 18.9 Å². The van der Waals surface area contributed by atoms with E-state index in [1.807, 2.05) is 18.2 Å². The number of rotatable bonds is 9. The van der Waals surface area contributed by atoms with Crippen molar-refractivity contribution in [1.82, 2.24) is 0 Å². The van der Waals surface area contributed by atoms with Crippen molar-refractivity contribution in [2.45, 2.75) is 32.1 Å². The van der Waals surface area contributed by atoms with Crippen LogP contribution < -0.4 is 29.4 Å². The number of hydrogen-bond acceptors (Lipinski definition) is 4. The molecular weight excluding hydrogens is 414 g/mol. The highest BCUT2D eigenvalue weighted by Crippen LogP contribution is 2.35. The molecule has 164 valence electrons. The van der Waals surface area contributed by atoms with E-state index in [9.17, 15) is 0 Å². The lowest BCUT2D eigenvalue weighted by Crippen LogP contribution is -2.30. The predicted molar refractivity (Wildman–Crippen MR) is 123 cm³/mol. The van der Waals surface area contributed by atoms with Crippen molar-refractivity contribution < 1.29 is 23.5 Å². The van der Waals surface area contributed by atoms with E-state index in [2.05, 4.69) is 29.6 Å². The Bertz CT molecular complexity index is 1080. The zero-order valence-electron chi connectivity index (χ0n) is 18.0. The number of nitrogens with zero attached hydrogens (tertiary/aromatic N) is 1. The van der Waals surface area contributed by atoms with Gasteiger partial charge in [0.25, 0.3) is 0 Å². The fourth-order valence-corrected chi connectivity index (χ4v) is 4.08. The molecule has 2 heterocycles. The molecule has 0 spiro atoms. The van der Waals surface area contributed by atoms with Gasteiger partial charge in [-0.3, -0.25) is 0 Å². The third-order valence-electron chi connectivity index (χ3n) is 5.62. The Hall–Kier alpha value is -2.66. The first-order valence-corrected chi connectivity index (χ1v) is 11.3. The van der Waals surface area contributed by atoms with Gasteiger partial charge in [-0.05, 0) is 41.8 Å². The molecule has 0 atom stereocenters. The van der Waals surface area contributed by atoms with Crippen LogP contribution in [-0.2, 0) is 6.42 Å². The molecule has 0 saturated heterocycles. The quantitative estimate of drug-likeness (QED) is 0.339. The van der Waals surface area contributed by atoms with E-state index in [1.54, 1.807) is 7.11 Å². The van der Waals surface area contributed by atoms with Crippen LogP contribution in [0.25, 0.3) is 12.8 Å². The molecule has 0 radical (unpaired) electrons. The van der Waals surface area contributed by atoms with E-state index in [0.717, 1.165) is 83.5 Å². The topological polar surface area (TPSA) is 39.9 Å². The van der Waals surface area contributed by atoms with Crippen LogP contribution >= 0.6 is 11.6 Å². The van der Waals surface area contributed by atoms with Crippen LogP contribution in [0.15, 0.2) is 24.3 Å². The fourth-order valence-electron chi connectivity index (χ4n) is 3.89. The second kappa shape index (κ2) is 10.1. The summed E-state index contributed by atoms with van der Waals surface area (Å²) in [5.41, 5.74) is 2.41. The Morgan fingerprint density at radius 1 is 1.13 bits per heavy atom. The van der Waals surface area contributed by atoms with Crippen LogP contribution in [0, 0.1) is 0 Å². The van der Waals surface area contributed by atoms with Crippen LogP contribution in [-0.4, -0.2) is 43.7 Å². The smallest absolute Gasteiger partial charge is 0.231 e. The molecule has 0 saturated carbocycles. The van der Waals surface area contributed by atoms with E-state index in [-0.39, 0.29) is 6.79 Å². The molecule has 0 fully saturated rings. The Kier molecular flexibility index (Phi) is 7.03. The van der Waals surface area contributed by atoms with E-state index in [0.29, 0.717) is 6.61 Å². The monoisotopic (exact) mass is 442 g/mol. The van der Waals surface area contributed by atoms with E-state index in [1.165, 1.54) is 5.56 Å². The summed E-state index contributed by atoms with van der Waals surface area (Å²) >= 11 is 5.76. The minimum absolute atomic E-state index is 0.287. The van der Waals surface area contributed by atoms with Crippen molar-refractivity contribution in [3.8, 4) is 23.0 Å². The van der Waals surface area contributed by atoms with Gasteiger partial charge in [-0.15, -0.1) is 11.6 Å². The van der Waals surface area contributed by atoms with Crippen LogP contribution in [0.5, 0.6) is 23.0 Å². The standard InChI is InChI=1S/C25H29ClNO4/c1-18-7-8-22(28-2)25(29-12-6-4-3-5-10-26)21(18)16-27-11-9-19-13-23-24(31-17-30-23)14-20(19)15-27/h7-8,13-16H,1,3-6,9-12,17H2,2H3/q+1/b21-16+. The molecule has 0 aliphatic carbocycles. The molecule has 5 nitrogen and oxygen atoms in total. The van der Waals surface area contributed by atoms with Gasteiger partial charge in [0, 0.05) is 17.9 Å². The molecule has 0 unspecified atom stereocenters. The third-order valence-corrected chi connectivity index (χ3v) is 5.89. The second-order valence-corrected chi connectivity index (χ2v) is 8.15. The average molecular weight is 443 g/mol. The van der Waals surface area contributed by atoms with E-state index >= 15 is 0 Å². The number of alkyl halides is 1. The van der Waals surface area contributed by atoms with Crippen molar-refractivity contribution in [3.63, 3.8) is 0 Å². The molecule has 0 amide bonds. The molecule has 2 aromatic rings. The minimum atomic E-state index is 0.287. The highest BCUT2D eigenvalue weighted by Gasteiger charge is 2.22. The lowest BCUT2D eigenvalue weighted by Gasteiger charge is -2.13. The molecule has 4 rings (SSSR count). The first-order chi connectivity index (χ1) is 15.2. The van der Waals surface area contributed by atoms with Crippen molar-refractivity contribution in [1.29, 1.82) is 0 Å². The van der Waals surface area contributed by atoms with Crippen LogP contribution in [0.1, 0.15) is 36.8 Å². The van der Waals surface area contributed by atoms with E-state index in [4.69, 9.17) is 30.5 Å². The van der Waals surface area contributed by atoms with Crippen molar-refractivity contribution in [2.24, 2.45) is 0 Å². The Balaban J connectivity index is 1.61. The largest absolute Gasteiger partial charge is 0.493 e. The Labute approximate surface area is 188 Å². The number of methoxy groups -OCH3 is 1. The number of unbranched alkanes of at least 4 members (excludes halogenated alkanes) is 3. The summed E-state index contributed by atoms with van der Waals surface area (Å²) in [5, 5.41) is 1.85. The number of hydrogen-bond donors (Lipinski definition) is 0. The maximum absolute atomic E-state index is 6.19. The van der Waals surface area contributed by atoms with Crippen LogP contribution in [0.3, 0.4) is 0 Å². The average Bonchev–Trinajstić information content (AvgIpc) is 3.24.